The highest BCUT2D eigenvalue weighted by Gasteiger charge is 2.31. The predicted octanol–water partition coefficient (Wildman–Crippen LogP) is 4.51. The molecule has 0 spiro atoms. The Bertz CT molecular complexity index is 708. The van der Waals surface area contributed by atoms with Crippen LogP contribution in [0.25, 0.3) is 10.1 Å². The van der Waals surface area contributed by atoms with Crippen LogP contribution in [0.4, 0.5) is 5.69 Å². The van der Waals surface area contributed by atoms with E-state index in [1.54, 1.807) is 0 Å². The second-order valence-corrected chi connectivity index (χ2v) is 8.45. The molecule has 0 aliphatic carbocycles. The van der Waals surface area contributed by atoms with Gasteiger partial charge < -0.3 is 10.6 Å². The molecule has 3 nitrogen and oxygen atoms in total. The zero-order valence-corrected chi connectivity index (χ0v) is 14.7. The van der Waals surface area contributed by atoms with Crippen LogP contribution in [0.15, 0.2) is 22.7 Å². The van der Waals surface area contributed by atoms with Crippen molar-refractivity contribution in [1.29, 1.82) is 0 Å². The van der Waals surface area contributed by atoms with Crippen LogP contribution >= 0.6 is 27.3 Å². The van der Waals surface area contributed by atoms with Gasteiger partial charge in [-0.25, -0.2) is 0 Å². The minimum atomic E-state index is 0.0811. The molecule has 1 amide bonds. The molecule has 1 aliphatic heterocycles. The van der Waals surface area contributed by atoms with Gasteiger partial charge in [0.05, 0.1) is 5.69 Å². The Morgan fingerprint density at radius 1 is 1.43 bits per heavy atom. The first-order chi connectivity index (χ1) is 9.87. The van der Waals surface area contributed by atoms with Crippen molar-refractivity contribution in [3.8, 4) is 0 Å². The molecule has 0 bridgehead atoms. The Balaban J connectivity index is 1.96. The fourth-order valence-corrected chi connectivity index (χ4v) is 4.42. The van der Waals surface area contributed by atoms with E-state index in [0.717, 1.165) is 34.1 Å². The van der Waals surface area contributed by atoms with Crippen LogP contribution in [-0.2, 0) is 0 Å². The quantitative estimate of drug-likeness (QED) is 0.806. The SMILES string of the molecule is CC1(C)CCCN(C(=O)c2sc3ccc(Br)cc3c2N)C1. The number of thiophene rings is 1. The summed E-state index contributed by atoms with van der Waals surface area (Å²) < 4.78 is 2.05. The Hall–Kier alpha value is -1.07. The van der Waals surface area contributed by atoms with E-state index in [2.05, 4.69) is 29.8 Å². The van der Waals surface area contributed by atoms with Crippen molar-refractivity contribution in [1.82, 2.24) is 4.90 Å². The number of halogens is 1. The second-order valence-electron chi connectivity index (χ2n) is 6.48. The van der Waals surface area contributed by atoms with Crippen LogP contribution in [0.1, 0.15) is 36.4 Å². The maximum Gasteiger partial charge on any atom is 0.266 e. The summed E-state index contributed by atoms with van der Waals surface area (Å²) in [6.45, 7) is 6.08. The van der Waals surface area contributed by atoms with E-state index in [0.29, 0.717) is 10.6 Å². The first-order valence-corrected chi connectivity index (χ1v) is 8.75. The average molecular weight is 367 g/mol. The van der Waals surface area contributed by atoms with E-state index < -0.39 is 0 Å². The molecule has 1 fully saturated rings. The third-order valence-electron chi connectivity index (χ3n) is 4.07. The number of hydrogen-bond donors (Lipinski definition) is 1. The van der Waals surface area contributed by atoms with E-state index in [1.807, 2.05) is 23.1 Å². The van der Waals surface area contributed by atoms with Crippen LogP contribution in [0, 0.1) is 5.41 Å². The lowest BCUT2D eigenvalue weighted by molar-refractivity contribution is 0.0589. The molecule has 0 unspecified atom stereocenters. The van der Waals surface area contributed by atoms with Crippen LogP contribution in [0.2, 0.25) is 0 Å². The lowest BCUT2D eigenvalue weighted by Gasteiger charge is -2.37. The fraction of sp³-hybridized carbons (Fsp3) is 0.438. The number of nitrogens with two attached hydrogens (primary N) is 1. The monoisotopic (exact) mass is 366 g/mol. The molecule has 5 heteroatoms. The number of likely N-dealkylation sites (tertiary alicyclic amines) is 1. The average Bonchev–Trinajstić information content (AvgIpc) is 2.74. The molecule has 1 aromatic heterocycles. The summed E-state index contributed by atoms with van der Waals surface area (Å²) in [4.78, 5) is 15.4. The lowest BCUT2D eigenvalue weighted by Crippen LogP contribution is -2.43. The molecule has 0 atom stereocenters. The van der Waals surface area contributed by atoms with Crippen molar-refractivity contribution in [2.75, 3.05) is 18.8 Å². The third-order valence-corrected chi connectivity index (χ3v) is 5.74. The standard InChI is InChI=1S/C16H19BrN2OS/c1-16(2)6-3-7-19(9-16)15(20)14-13(18)11-8-10(17)4-5-12(11)21-14/h4-5,8H,3,6-7,9,18H2,1-2H3. The van der Waals surface area contributed by atoms with Gasteiger partial charge in [0, 0.05) is 27.6 Å². The predicted molar refractivity (Wildman–Crippen MR) is 92.9 cm³/mol. The smallest absolute Gasteiger partial charge is 0.266 e. The number of anilines is 1. The highest BCUT2D eigenvalue weighted by molar-refractivity contribution is 9.10. The van der Waals surface area contributed by atoms with Gasteiger partial charge in [0.25, 0.3) is 5.91 Å². The Labute approximate surface area is 137 Å². The van der Waals surface area contributed by atoms with Crippen molar-refractivity contribution < 1.29 is 4.79 Å². The summed E-state index contributed by atoms with van der Waals surface area (Å²) in [5.41, 5.74) is 7.04. The van der Waals surface area contributed by atoms with Crippen molar-refractivity contribution in [3.63, 3.8) is 0 Å². The molecule has 2 N–H and O–H groups in total. The van der Waals surface area contributed by atoms with E-state index in [1.165, 1.54) is 17.8 Å². The van der Waals surface area contributed by atoms with Gasteiger partial charge in [-0.2, -0.15) is 0 Å². The van der Waals surface area contributed by atoms with Crippen LogP contribution in [0.3, 0.4) is 0 Å². The van der Waals surface area contributed by atoms with Gasteiger partial charge in [-0.1, -0.05) is 29.8 Å². The molecule has 21 heavy (non-hydrogen) atoms. The highest BCUT2D eigenvalue weighted by atomic mass is 79.9. The highest BCUT2D eigenvalue weighted by Crippen LogP contribution is 2.37. The minimum Gasteiger partial charge on any atom is -0.397 e. The Kier molecular flexibility index (Phi) is 3.74. The number of carbonyl (C=O) groups excluding carboxylic acids is 1. The van der Waals surface area contributed by atoms with Gasteiger partial charge >= 0.3 is 0 Å². The van der Waals surface area contributed by atoms with Gasteiger partial charge in [0.2, 0.25) is 0 Å². The molecule has 2 aromatic rings. The van der Waals surface area contributed by atoms with Crippen LogP contribution in [-0.4, -0.2) is 23.9 Å². The summed E-state index contributed by atoms with van der Waals surface area (Å²) in [7, 11) is 0. The number of rotatable bonds is 1. The van der Waals surface area contributed by atoms with E-state index in [-0.39, 0.29) is 11.3 Å². The summed E-state index contributed by atoms with van der Waals surface area (Å²) in [5, 5.41) is 0.967. The Morgan fingerprint density at radius 2 is 2.19 bits per heavy atom. The number of piperidine rings is 1. The van der Waals surface area contributed by atoms with Gasteiger partial charge in [-0.15, -0.1) is 11.3 Å². The molecule has 1 saturated heterocycles. The number of benzene rings is 1. The fourth-order valence-electron chi connectivity index (χ4n) is 2.99. The maximum atomic E-state index is 12.8. The first-order valence-electron chi connectivity index (χ1n) is 7.14. The van der Waals surface area contributed by atoms with Gasteiger partial charge in [-0.05, 0) is 36.5 Å². The Morgan fingerprint density at radius 3 is 2.90 bits per heavy atom. The normalized spacial score (nSPS) is 18.1. The van der Waals surface area contributed by atoms with Gasteiger partial charge in [-0.3, -0.25) is 4.79 Å². The molecule has 1 aromatic carbocycles. The third kappa shape index (κ3) is 2.81. The van der Waals surface area contributed by atoms with E-state index in [4.69, 9.17) is 5.73 Å². The number of nitrogens with zero attached hydrogens (tertiary/aromatic N) is 1. The maximum absolute atomic E-state index is 12.8. The van der Waals surface area contributed by atoms with Gasteiger partial charge in [0.15, 0.2) is 0 Å². The van der Waals surface area contributed by atoms with E-state index in [9.17, 15) is 4.79 Å². The zero-order chi connectivity index (χ0) is 15.2. The minimum absolute atomic E-state index is 0.0811. The summed E-state index contributed by atoms with van der Waals surface area (Å²) in [6.07, 6.45) is 2.24. The molecule has 112 valence electrons. The van der Waals surface area contributed by atoms with Crippen LogP contribution in [0.5, 0.6) is 0 Å². The number of nitrogen functional groups attached to an aromatic ring is 1. The molecule has 0 saturated carbocycles. The zero-order valence-electron chi connectivity index (χ0n) is 12.3. The molecule has 2 heterocycles. The molecular formula is C16H19BrN2OS. The number of amides is 1. The van der Waals surface area contributed by atoms with E-state index >= 15 is 0 Å². The van der Waals surface area contributed by atoms with Crippen molar-refractivity contribution in [3.05, 3.63) is 27.5 Å². The summed E-state index contributed by atoms with van der Waals surface area (Å²) >= 11 is 4.96. The second kappa shape index (κ2) is 5.29. The number of hydrogen-bond acceptors (Lipinski definition) is 3. The molecule has 3 rings (SSSR count). The van der Waals surface area contributed by atoms with Crippen molar-refractivity contribution in [2.24, 2.45) is 5.41 Å². The lowest BCUT2D eigenvalue weighted by atomic mass is 9.84. The molecular weight excluding hydrogens is 348 g/mol. The van der Waals surface area contributed by atoms with Crippen LogP contribution < -0.4 is 5.73 Å². The largest absolute Gasteiger partial charge is 0.397 e. The summed E-state index contributed by atoms with van der Waals surface area (Å²) in [5.74, 6) is 0.0811. The van der Waals surface area contributed by atoms with Crippen molar-refractivity contribution >= 4 is 48.9 Å². The number of fused-ring (bicyclic) bond motifs is 1. The number of carbonyl (C=O) groups is 1. The molecule has 0 radical (unpaired) electrons. The summed E-state index contributed by atoms with van der Waals surface area (Å²) in [6, 6.07) is 5.98. The van der Waals surface area contributed by atoms with Crippen molar-refractivity contribution in [2.45, 2.75) is 26.7 Å². The first kappa shape index (κ1) is 14.9. The topological polar surface area (TPSA) is 46.3 Å². The van der Waals surface area contributed by atoms with Gasteiger partial charge in [0.1, 0.15) is 4.88 Å². The molecule has 1 aliphatic rings.